The minimum atomic E-state index is -2.00. The minimum absolute atomic E-state index is 0.126. The Labute approximate surface area is 241 Å². The van der Waals surface area contributed by atoms with Crippen LogP contribution in [0.1, 0.15) is 24.3 Å². The number of imide groups is 2. The maximum atomic E-state index is 13.9. The molecule has 38 heavy (non-hydrogen) atoms. The Hall–Kier alpha value is -2.39. The van der Waals surface area contributed by atoms with Crippen LogP contribution in [0.5, 0.6) is 5.75 Å². The Kier molecular flexibility index (Phi) is 6.00. The summed E-state index contributed by atoms with van der Waals surface area (Å²) in [7, 11) is 0. The molecule has 0 spiro atoms. The van der Waals surface area contributed by atoms with E-state index >= 15 is 0 Å². The molecule has 2 saturated heterocycles. The smallest absolute Gasteiger partial charge is 0.254 e. The summed E-state index contributed by atoms with van der Waals surface area (Å²) in [6.07, 6.45) is 1.92. The monoisotopic (exact) mass is 636 g/mol. The molecule has 0 bridgehead atoms. The highest BCUT2D eigenvalue weighted by Crippen LogP contribution is 2.66. The van der Waals surface area contributed by atoms with Gasteiger partial charge < -0.3 is 5.11 Å². The number of aromatic hydroxyl groups is 1. The third-order valence-electron chi connectivity index (χ3n) is 8.33. The van der Waals surface area contributed by atoms with E-state index in [1.54, 1.807) is 30.3 Å². The maximum Gasteiger partial charge on any atom is 0.254 e. The van der Waals surface area contributed by atoms with Crippen molar-refractivity contribution in [1.29, 1.82) is 0 Å². The molecule has 1 saturated carbocycles. The second-order valence-electron chi connectivity index (χ2n) is 10.0. The van der Waals surface area contributed by atoms with Crippen LogP contribution in [-0.2, 0) is 19.2 Å². The number of phenols is 1. The van der Waals surface area contributed by atoms with E-state index in [1.165, 1.54) is 23.1 Å². The molecule has 2 aliphatic carbocycles. The first kappa shape index (κ1) is 25.9. The van der Waals surface area contributed by atoms with Gasteiger partial charge in [-0.3, -0.25) is 29.0 Å². The van der Waals surface area contributed by atoms with Gasteiger partial charge in [-0.1, -0.05) is 57.4 Å². The topological polar surface area (TPSA) is 95.0 Å². The quantitative estimate of drug-likeness (QED) is 0.222. The molecule has 1 N–H and O–H groups in total. The second kappa shape index (κ2) is 8.81. The van der Waals surface area contributed by atoms with Gasteiger partial charge in [0.05, 0.1) is 23.0 Å². The van der Waals surface area contributed by atoms with E-state index < -0.39 is 51.1 Å². The Morgan fingerprint density at radius 3 is 2.37 bits per heavy atom. The van der Waals surface area contributed by atoms with Crippen molar-refractivity contribution in [3.63, 3.8) is 0 Å². The van der Waals surface area contributed by atoms with E-state index in [1.807, 2.05) is 6.08 Å². The molecule has 2 aromatic rings. The Morgan fingerprint density at radius 1 is 0.974 bits per heavy atom. The van der Waals surface area contributed by atoms with Crippen LogP contribution in [0.25, 0.3) is 0 Å². The molecule has 6 atom stereocenters. The van der Waals surface area contributed by atoms with Crippen molar-refractivity contribution >= 4 is 80.0 Å². The van der Waals surface area contributed by atoms with Crippen molar-refractivity contribution in [3.05, 3.63) is 70.8 Å². The van der Waals surface area contributed by atoms with E-state index in [2.05, 4.69) is 15.9 Å². The Balaban J connectivity index is 1.55. The van der Waals surface area contributed by atoms with Gasteiger partial charge in [0.2, 0.25) is 11.8 Å². The average molecular weight is 639 g/mol. The number of anilines is 1. The maximum absolute atomic E-state index is 13.9. The number of fused-ring (bicyclic) bond motifs is 4. The molecule has 2 heterocycles. The number of rotatable bonds is 3. The summed E-state index contributed by atoms with van der Waals surface area (Å²) in [5.74, 6) is -5.54. The predicted molar refractivity (Wildman–Crippen MR) is 145 cm³/mol. The summed E-state index contributed by atoms with van der Waals surface area (Å²) in [4.78, 5) is 52.9. The second-order valence-corrected chi connectivity index (χ2v) is 12.2. The fourth-order valence-corrected chi connectivity index (χ4v) is 8.28. The Bertz CT molecular complexity index is 1450. The molecular formula is C27H20BrCl3N2O5. The molecule has 11 heteroatoms. The van der Waals surface area contributed by atoms with Crippen molar-refractivity contribution in [3.8, 4) is 5.75 Å². The zero-order chi connectivity index (χ0) is 27.1. The third kappa shape index (κ3) is 3.20. The van der Waals surface area contributed by atoms with Crippen LogP contribution in [0.2, 0.25) is 5.02 Å². The lowest BCUT2D eigenvalue weighted by Crippen LogP contribution is -2.60. The fraction of sp³-hybridized carbons (Fsp3) is 0.333. The highest BCUT2D eigenvalue weighted by atomic mass is 79.9. The van der Waals surface area contributed by atoms with Gasteiger partial charge in [0.25, 0.3) is 11.8 Å². The van der Waals surface area contributed by atoms with E-state index in [4.69, 9.17) is 34.8 Å². The number of alkyl halides is 3. The number of allylic oxidation sites excluding steroid dienone is 2. The third-order valence-corrected chi connectivity index (χ3v) is 10.5. The largest absolute Gasteiger partial charge is 0.508 e. The van der Waals surface area contributed by atoms with Crippen molar-refractivity contribution in [2.45, 2.75) is 28.5 Å². The molecule has 0 radical (unpaired) electrons. The van der Waals surface area contributed by atoms with Crippen LogP contribution in [0.4, 0.5) is 5.69 Å². The number of nitrogens with zero attached hydrogens (tertiary/aromatic N) is 2. The first-order valence-electron chi connectivity index (χ1n) is 12.0. The predicted octanol–water partition coefficient (Wildman–Crippen LogP) is 4.96. The summed E-state index contributed by atoms with van der Waals surface area (Å²) in [6, 6.07) is 13.0. The number of amides is 4. The normalized spacial score (nSPS) is 34.3. The van der Waals surface area contributed by atoms with E-state index in [9.17, 15) is 24.3 Å². The van der Waals surface area contributed by atoms with E-state index in [-0.39, 0.29) is 40.5 Å². The number of benzene rings is 2. The van der Waals surface area contributed by atoms with Gasteiger partial charge in [-0.05, 0) is 49.1 Å². The summed E-state index contributed by atoms with van der Waals surface area (Å²) >= 11 is 23.8. The van der Waals surface area contributed by atoms with Crippen LogP contribution >= 0.6 is 50.7 Å². The van der Waals surface area contributed by atoms with Crippen LogP contribution in [0, 0.1) is 17.8 Å². The lowest BCUT2D eigenvalue weighted by molar-refractivity contribution is -0.138. The number of para-hydroxylation sites is 1. The van der Waals surface area contributed by atoms with Crippen LogP contribution in [-0.4, -0.2) is 48.8 Å². The highest BCUT2D eigenvalue weighted by molar-refractivity contribution is 9.09. The lowest BCUT2D eigenvalue weighted by Gasteiger charge is -2.50. The number of phenolic OH excluding ortho intramolecular Hbond substituents is 1. The molecule has 2 aromatic carbocycles. The van der Waals surface area contributed by atoms with Crippen molar-refractivity contribution in [1.82, 2.24) is 4.90 Å². The van der Waals surface area contributed by atoms with E-state index in [0.717, 1.165) is 4.90 Å². The first-order chi connectivity index (χ1) is 18.1. The standard InChI is InChI=1S/C27H20BrCl3N2O5/c28-12-32-24(37)26(30)11-18-15(21(27(26,31)25(32)38)17-10-13(29)6-9-19(17)34)7-8-16-20(18)23(36)33(22(16)35)14-4-2-1-3-5-14/h1-7,9-10,16,18,20-21,34H,8,11-12H2/t16-,18+,20-,21+,26+,27-/m0/s1. The van der Waals surface area contributed by atoms with Crippen molar-refractivity contribution < 1.29 is 24.3 Å². The number of carbonyl (C=O) groups is 4. The molecule has 4 aliphatic rings. The van der Waals surface area contributed by atoms with Gasteiger partial charge in [0.1, 0.15) is 5.75 Å². The van der Waals surface area contributed by atoms with E-state index in [0.29, 0.717) is 11.3 Å². The summed E-state index contributed by atoms with van der Waals surface area (Å²) < 4.78 is 0. The summed E-state index contributed by atoms with van der Waals surface area (Å²) in [5.41, 5.74) is 1.14. The molecule has 0 aromatic heterocycles. The van der Waals surface area contributed by atoms with Gasteiger partial charge in [-0.15, -0.1) is 23.2 Å². The summed E-state index contributed by atoms with van der Waals surface area (Å²) in [5, 5.41) is 11.2. The number of hydrogen-bond donors (Lipinski definition) is 1. The van der Waals surface area contributed by atoms with Gasteiger partial charge in [-0.25, -0.2) is 0 Å². The molecule has 196 valence electrons. The Morgan fingerprint density at radius 2 is 1.68 bits per heavy atom. The SMILES string of the molecule is O=C1[C@H]2[C@H](CC=C3[C@H]2C[C@@]2(Cl)C(=O)N(CBr)C(=O)[C@@]2(Cl)[C@H]3c2cc(Cl)ccc2O)C(=O)N1c1ccccc1. The zero-order valence-corrected chi connectivity index (χ0v) is 23.5. The molecule has 0 unspecified atom stereocenters. The molecule has 2 aliphatic heterocycles. The fourth-order valence-electron chi connectivity index (χ4n) is 6.69. The molecule has 4 amide bonds. The first-order valence-corrected chi connectivity index (χ1v) is 14.2. The minimum Gasteiger partial charge on any atom is -0.508 e. The number of halogens is 4. The van der Waals surface area contributed by atoms with Gasteiger partial charge in [0, 0.05) is 16.5 Å². The van der Waals surface area contributed by atoms with Crippen LogP contribution in [0.15, 0.2) is 60.2 Å². The van der Waals surface area contributed by atoms with Crippen LogP contribution < -0.4 is 4.90 Å². The average Bonchev–Trinajstić information content (AvgIpc) is 3.24. The number of carbonyl (C=O) groups excluding carboxylic acids is 4. The van der Waals surface area contributed by atoms with Crippen molar-refractivity contribution in [2.24, 2.45) is 17.8 Å². The molecule has 6 rings (SSSR count). The lowest BCUT2D eigenvalue weighted by atomic mass is 9.56. The number of hydrogen-bond acceptors (Lipinski definition) is 5. The molecule has 3 fully saturated rings. The molecule has 7 nitrogen and oxygen atoms in total. The van der Waals surface area contributed by atoms with Crippen LogP contribution in [0.3, 0.4) is 0 Å². The summed E-state index contributed by atoms with van der Waals surface area (Å²) in [6.45, 7) is 0. The molecular weight excluding hydrogens is 619 g/mol. The van der Waals surface area contributed by atoms with Gasteiger partial charge in [-0.2, -0.15) is 0 Å². The van der Waals surface area contributed by atoms with Gasteiger partial charge in [0.15, 0.2) is 9.75 Å². The highest BCUT2D eigenvalue weighted by Gasteiger charge is 2.76. The zero-order valence-electron chi connectivity index (χ0n) is 19.6. The number of likely N-dealkylation sites (tertiary alicyclic amines) is 1. The van der Waals surface area contributed by atoms with Gasteiger partial charge >= 0.3 is 0 Å². The van der Waals surface area contributed by atoms with Crippen molar-refractivity contribution in [2.75, 3.05) is 10.4 Å².